The first kappa shape index (κ1) is 12.7. The minimum Gasteiger partial charge on any atom is -0.371 e. The Morgan fingerprint density at radius 3 is 2.35 bits per heavy atom. The fourth-order valence-corrected chi connectivity index (χ4v) is 2.62. The smallest absolute Gasteiger partial charge is 0.182 e. The molecule has 3 rings (SSSR count). The van der Waals surface area contributed by atoms with E-state index in [9.17, 15) is 4.79 Å². The molecule has 0 atom stereocenters. The topological polar surface area (TPSA) is 23.6 Å². The largest absolute Gasteiger partial charge is 0.371 e. The zero-order valence-electron chi connectivity index (χ0n) is 11.6. The number of carbonyl (C=O) groups is 1. The lowest BCUT2D eigenvalue weighted by atomic mass is 10.1. The fourth-order valence-electron chi connectivity index (χ4n) is 2.62. The lowest BCUT2D eigenvalue weighted by Gasteiger charge is -2.36. The van der Waals surface area contributed by atoms with Gasteiger partial charge in [-0.1, -0.05) is 42.5 Å². The number of anilines is 2. The Hall–Kier alpha value is -2.29. The number of carbonyl (C=O) groups excluding carboxylic acids is 1. The van der Waals surface area contributed by atoms with E-state index in [0.29, 0.717) is 6.54 Å². The molecule has 0 saturated carbocycles. The molecule has 0 amide bonds. The molecule has 20 heavy (non-hydrogen) atoms. The lowest BCUT2D eigenvalue weighted by Crippen LogP contribution is -2.41. The van der Waals surface area contributed by atoms with Gasteiger partial charge in [0.15, 0.2) is 5.78 Å². The highest BCUT2D eigenvalue weighted by atomic mass is 16.1. The molecule has 3 heteroatoms. The predicted octanol–water partition coefficient (Wildman–Crippen LogP) is 2.83. The standard InChI is InChI=1S/C17H18N2O/c1-18-11-12-19(16-10-6-5-9-15(16)18)13-17(20)14-7-3-2-4-8-14/h2-10H,11-13H2,1H3. The van der Waals surface area contributed by atoms with Gasteiger partial charge in [-0.15, -0.1) is 0 Å². The Bertz CT molecular complexity index is 609. The van der Waals surface area contributed by atoms with Gasteiger partial charge in [-0.3, -0.25) is 4.79 Å². The van der Waals surface area contributed by atoms with Gasteiger partial charge in [-0.05, 0) is 12.1 Å². The van der Waals surface area contributed by atoms with E-state index in [-0.39, 0.29) is 5.78 Å². The summed E-state index contributed by atoms with van der Waals surface area (Å²) in [5, 5.41) is 0. The van der Waals surface area contributed by atoms with Crippen molar-refractivity contribution >= 4 is 17.2 Å². The zero-order valence-corrected chi connectivity index (χ0v) is 11.6. The number of ketones is 1. The highest BCUT2D eigenvalue weighted by Crippen LogP contribution is 2.31. The Labute approximate surface area is 119 Å². The number of fused-ring (bicyclic) bond motifs is 1. The third kappa shape index (κ3) is 2.39. The molecule has 0 N–H and O–H groups in total. The van der Waals surface area contributed by atoms with Crippen LogP contribution in [-0.4, -0.2) is 32.5 Å². The molecule has 0 unspecified atom stereocenters. The normalized spacial score (nSPS) is 14.1. The summed E-state index contributed by atoms with van der Waals surface area (Å²) in [7, 11) is 2.09. The zero-order chi connectivity index (χ0) is 13.9. The lowest BCUT2D eigenvalue weighted by molar-refractivity contribution is 0.0999. The van der Waals surface area contributed by atoms with Gasteiger partial charge in [0, 0.05) is 25.7 Å². The van der Waals surface area contributed by atoms with Crippen LogP contribution in [-0.2, 0) is 0 Å². The number of rotatable bonds is 3. The molecule has 1 aliphatic rings. The minimum absolute atomic E-state index is 0.171. The Balaban J connectivity index is 1.82. The Kier molecular flexibility index (Phi) is 3.42. The average Bonchev–Trinajstić information content (AvgIpc) is 2.51. The molecule has 1 aliphatic heterocycles. The molecular weight excluding hydrogens is 248 g/mol. The second-order valence-corrected chi connectivity index (χ2v) is 5.12. The van der Waals surface area contributed by atoms with Crippen LogP contribution < -0.4 is 9.80 Å². The summed E-state index contributed by atoms with van der Waals surface area (Å²) >= 11 is 0. The third-order valence-electron chi connectivity index (χ3n) is 3.77. The minimum atomic E-state index is 0.171. The maximum atomic E-state index is 12.3. The van der Waals surface area contributed by atoms with Crippen LogP contribution in [0.5, 0.6) is 0 Å². The van der Waals surface area contributed by atoms with Crippen molar-refractivity contribution < 1.29 is 4.79 Å². The first-order valence-corrected chi connectivity index (χ1v) is 6.89. The number of Topliss-reactive ketones (excluding diaryl/α,β-unsaturated/α-hetero) is 1. The summed E-state index contributed by atoms with van der Waals surface area (Å²) in [5.74, 6) is 0.171. The van der Waals surface area contributed by atoms with Gasteiger partial charge >= 0.3 is 0 Å². The van der Waals surface area contributed by atoms with Crippen LogP contribution >= 0.6 is 0 Å². The highest BCUT2D eigenvalue weighted by Gasteiger charge is 2.21. The molecule has 1 heterocycles. The van der Waals surface area contributed by atoms with Gasteiger partial charge < -0.3 is 9.80 Å². The summed E-state index contributed by atoms with van der Waals surface area (Å²) in [6.07, 6.45) is 0. The Morgan fingerprint density at radius 1 is 0.950 bits per heavy atom. The van der Waals surface area contributed by atoms with E-state index < -0.39 is 0 Å². The number of likely N-dealkylation sites (N-methyl/N-ethyl adjacent to an activating group) is 1. The molecule has 0 saturated heterocycles. The molecule has 3 nitrogen and oxygen atoms in total. The second kappa shape index (κ2) is 5.37. The van der Waals surface area contributed by atoms with Crippen molar-refractivity contribution in [3.05, 3.63) is 60.2 Å². The van der Waals surface area contributed by atoms with E-state index in [1.165, 1.54) is 5.69 Å². The monoisotopic (exact) mass is 266 g/mol. The van der Waals surface area contributed by atoms with Crippen molar-refractivity contribution in [2.45, 2.75) is 0 Å². The van der Waals surface area contributed by atoms with Crippen LogP contribution in [0.3, 0.4) is 0 Å². The second-order valence-electron chi connectivity index (χ2n) is 5.12. The number of benzene rings is 2. The quantitative estimate of drug-likeness (QED) is 0.798. The molecule has 102 valence electrons. The van der Waals surface area contributed by atoms with Gasteiger partial charge in [0.05, 0.1) is 17.9 Å². The summed E-state index contributed by atoms with van der Waals surface area (Å²) < 4.78 is 0. The molecule has 0 spiro atoms. The maximum absolute atomic E-state index is 12.3. The SMILES string of the molecule is CN1CCN(CC(=O)c2ccccc2)c2ccccc21. The number of hydrogen-bond donors (Lipinski definition) is 0. The van der Waals surface area contributed by atoms with E-state index in [2.05, 4.69) is 29.0 Å². The van der Waals surface area contributed by atoms with E-state index in [1.807, 2.05) is 42.5 Å². The highest BCUT2D eigenvalue weighted by molar-refractivity contribution is 5.99. The molecule has 2 aromatic rings. The maximum Gasteiger partial charge on any atom is 0.182 e. The molecule has 0 radical (unpaired) electrons. The number of hydrogen-bond acceptors (Lipinski definition) is 3. The van der Waals surface area contributed by atoms with Crippen molar-refractivity contribution in [3.8, 4) is 0 Å². The van der Waals surface area contributed by atoms with Crippen molar-refractivity contribution in [1.82, 2.24) is 0 Å². The van der Waals surface area contributed by atoms with Gasteiger partial charge in [-0.25, -0.2) is 0 Å². The molecule has 2 aromatic carbocycles. The predicted molar refractivity (Wildman–Crippen MR) is 82.7 cm³/mol. The van der Waals surface area contributed by atoms with Crippen LogP contribution in [0, 0.1) is 0 Å². The fraction of sp³-hybridized carbons (Fsp3) is 0.235. The molecule has 0 bridgehead atoms. The van der Waals surface area contributed by atoms with E-state index in [1.54, 1.807) is 0 Å². The van der Waals surface area contributed by atoms with Gasteiger partial charge in [0.2, 0.25) is 0 Å². The van der Waals surface area contributed by atoms with Gasteiger partial charge in [-0.2, -0.15) is 0 Å². The van der Waals surface area contributed by atoms with Crippen LogP contribution in [0.25, 0.3) is 0 Å². The molecule has 0 fully saturated rings. The summed E-state index contributed by atoms with van der Waals surface area (Å²) in [6, 6.07) is 17.8. The van der Waals surface area contributed by atoms with Gasteiger partial charge in [0.25, 0.3) is 0 Å². The van der Waals surface area contributed by atoms with Crippen LogP contribution in [0.1, 0.15) is 10.4 Å². The van der Waals surface area contributed by atoms with Crippen molar-refractivity contribution in [2.24, 2.45) is 0 Å². The van der Waals surface area contributed by atoms with Crippen molar-refractivity contribution in [2.75, 3.05) is 36.5 Å². The Morgan fingerprint density at radius 2 is 1.60 bits per heavy atom. The first-order chi connectivity index (χ1) is 9.75. The third-order valence-corrected chi connectivity index (χ3v) is 3.77. The van der Waals surface area contributed by atoms with Crippen molar-refractivity contribution in [1.29, 1.82) is 0 Å². The van der Waals surface area contributed by atoms with Crippen LogP contribution in [0.15, 0.2) is 54.6 Å². The number of para-hydroxylation sites is 2. The van der Waals surface area contributed by atoms with Crippen molar-refractivity contribution in [3.63, 3.8) is 0 Å². The average molecular weight is 266 g/mol. The molecule has 0 aliphatic carbocycles. The van der Waals surface area contributed by atoms with Gasteiger partial charge in [0.1, 0.15) is 0 Å². The molecule has 0 aromatic heterocycles. The van der Waals surface area contributed by atoms with Crippen LogP contribution in [0.2, 0.25) is 0 Å². The number of nitrogens with zero attached hydrogens (tertiary/aromatic N) is 2. The van der Waals surface area contributed by atoms with Crippen LogP contribution in [0.4, 0.5) is 11.4 Å². The van der Waals surface area contributed by atoms with E-state index in [4.69, 9.17) is 0 Å². The van der Waals surface area contributed by atoms with E-state index >= 15 is 0 Å². The first-order valence-electron chi connectivity index (χ1n) is 6.89. The summed E-state index contributed by atoms with van der Waals surface area (Å²) in [4.78, 5) is 16.8. The van der Waals surface area contributed by atoms with E-state index in [0.717, 1.165) is 24.3 Å². The summed E-state index contributed by atoms with van der Waals surface area (Å²) in [6.45, 7) is 2.26. The molecular formula is C17H18N2O. The summed E-state index contributed by atoms with van der Waals surface area (Å²) in [5.41, 5.74) is 3.12.